The summed E-state index contributed by atoms with van der Waals surface area (Å²) in [5.41, 5.74) is 0. The molecule has 0 aromatic rings. The van der Waals surface area contributed by atoms with Crippen molar-refractivity contribution in [3.63, 3.8) is 0 Å². The van der Waals surface area contributed by atoms with Crippen molar-refractivity contribution in [2.45, 2.75) is 24.3 Å². The quantitative estimate of drug-likeness (QED) is 0.512. The summed E-state index contributed by atoms with van der Waals surface area (Å²) in [6.07, 6.45) is 0. The summed E-state index contributed by atoms with van der Waals surface area (Å²) in [5, 5.41) is 2.10. The van der Waals surface area contributed by atoms with Crippen LogP contribution in [0.3, 0.4) is 0 Å². The van der Waals surface area contributed by atoms with Gasteiger partial charge in [0, 0.05) is 0 Å². The SMILES string of the molecule is C[C@@H]1S[C@@H](C)C(=O)NC1=O. The summed E-state index contributed by atoms with van der Waals surface area (Å²) in [5.74, 6) is -0.346. The van der Waals surface area contributed by atoms with Gasteiger partial charge in [0.2, 0.25) is 11.8 Å². The molecule has 0 unspecified atom stereocenters. The summed E-state index contributed by atoms with van der Waals surface area (Å²) in [4.78, 5) is 21.6. The number of thioether (sulfide) groups is 1. The number of rotatable bonds is 0. The minimum Gasteiger partial charge on any atom is -0.295 e. The molecule has 1 aliphatic rings. The van der Waals surface area contributed by atoms with Crippen LogP contribution in [0.25, 0.3) is 0 Å². The lowest BCUT2D eigenvalue weighted by atomic mass is 10.3. The van der Waals surface area contributed by atoms with Crippen molar-refractivity contribution < 1.29 is 9.59 Å². The molecule has 2 atom stereocenters. The van der Waals surface area contributed by atoms with Gasteiger partial charge < -0.3 is 0 Å². The minimum atomic E-state index is -0.173. The van der Waals surface area contributed by atoms with Crippen LogP contribution in [0.1, 0.15) is 13.8 Å². The zero-order valence-corrected chi connectivity index (χ0v) is 6.70. The van der Waals surface area contributed by atoms with Gasteiger partial charge in [-0.15, -0.1) is 11.8 Å². The van der Waals surface area contributed by atoms with Crippen LogP contribution in [0.5, 0.6) is 0 Å². The molecule has 1 saturated heterocycles. The Kier molecular flexibility index (Phi) is 1.99. The van der Waals surface area contributed by atoms with Crippen molar-refractivity contribution in [2.75, 3.05) is 0 Å². The van der Waals surface area contributed by atoms with E-state index in [1.165, 1.54) is 11.8 Å². The van der Waals surface area contributed by atoms with Gasteiger partial charge in [0.15, 0.2) is 0 Å². The largest absolute Gasteiger partial charge is 0.295 e. The molecule has 1 heterocycles. The molecule has 2 amide bonds. The summed E-state index contributed by atoms with van der Waals surface area (Å²) < 4.78 is 0. The Bertz CT molecular complexity index is 163. The normalized spacial score (nSPS) is 33.8. The van der Waals surface area contributed by atoms with Crippen LogP contribution in [-0.4, -0.2) is 22.3 Å². The van der Waals surface area contributed by atoms with Crippen LogP contribution in [0.15, 0.2) is 0 Å². The lowest BCUT2D eigenvalue weighted by Crippen LogP contribution is -2.46. The van der Waals surface area contributed by atoms with Gasteiger partial charge in [0.05, 0.1) is 10.5 Å². The molecule has 56 valence electrons. The Morgan fingerprint density at radius 1 is 1.20 bits per heavy atom. The Hall–Kier alpha value is -0.510. The highest BCUT2D eigenvalue weighted by Gasteiger charge is 2.28. The maximum Gasteiger partial charge on any atom is 0.239 e. The fourth-order valence-electron chi connectivity index (χ4n) is 0.754. The van der Waals surface area contributed by atoms with E-state index < -0.39 is 0 Å². The Balaban J connectivity index is 2.63. The third-order valence-corrected chi connectivity index (χ3v) is 2.64. The second-order valence-electron chi connectivity index (χ2n) is 2.27. The topological polar surface area (TPSA) is 46.2 Å². The van der Waals surface area contributed by atoms with Crippen LogP contribution < -0.4 is 5.32 Å². The third kappa shape index (κ3) is 1.31. The first-order valence-electron chi connectivity index (χ1n) is 3.11. The molecule has 1 N–H and O–H groups in total. The predicted octanol–water partition coefficient (Wildman–Crippen LogP) is 0.153. The number of carbonyl (C=O) groups excluding carboxylic acids is 2. The molecular formula is C6H9NO2S. The van der Waals surface area contributed by atoms with Gasteiger partial charge in [-0.05, 0) is 13.8 Å². The molecule has 1 rings (SSSR count). The third-order valence-electron chi connectivity index (χ3n) is 1.39. The van der Waals surface area contributed by atoms with Crippen LogP contribution in [0.4, 0.5) is 0 Å². The molecule has 3 nitrogen and oxygen atoms in total. The van der Waals surface area contributed by atoms with Gasteiger partial charge in [0.1, 0.15) is 0 Å². The second-order valence-corrected chi connectivity index (χ2v) is 3.96. The van der Waals surface area contributed by atoms with Crippen molar-refractivity contribution in [1.29, 1.82) is 0 Å². The van der Waals surface area contributed by atoms with E-state index in [2.05, 4.69) is 5.32 Å². The van der Waals surface area contributed by atoms with E-state index in [-0.39, 0.29) is 22.3 Å². The maximum atomic E-state index is 10.8. The molecule has 0 aromatic heterocycles. The number of amides is 2. The van der Waals surface area contributed by atoms with Gasteiger partial charge in [-0.3, -0.25) is 14.9 Å². The lowest BCUT2D eigenvalue weighted by Gasteiger charge is -2.21. The smallest absolute Gasteiger partial charge is 0.239 e. The highest BCUT2D eigenvalue weighted by atomic mass is 32.2. The van der Waals surface area contributed by atoms with Gasteiger partial charge in [-0.25, -0.2) is 0 Å². The molecular weight excluding hydrogens is 150 g/mol. The van der Waals surface area contributed by atoms with E-state index in [4.69, 9.17) is 0 Å². The number of nitrogens with one attached hydrogen (secondary N) is 1. The lowest BCUT2D eigenvalue weighted by molar-refractivity contribution is -0.130. The van der Waals surface area contributed by atoms with E-state index in [0.717, 1.165) is 0 Å². The van der Waals surface area contributed by atoms with E-state index in [9.17, 15) is 9.59 Å². The van der Waals surface area contributed by atoms with Crippen LogP contribution >= 0.6 is 11.8 Å². The fraction of sp³-hybridized carbons (Fsp3) is 0.667. The summed E-state index contributed by atoms with van der Waals surface area (Å²) in [6.45, 7) is 3.59. The summed E-state index contributed by atoms with van der Waals surface area (Å²) in [7, 11) is 0. The average molecular weight is 159 g/mol. The number of hydrogen-bond acceptors (Lipinski definition) is 3. The van der Waals surface area contributed by atoms with Crippen molar-refractivity contribution in [1.82, 2.24) is 5.32 Å². The molecule has 0 aliphatic carbocycles. The Labute approximate surface area is 63.6 Å². The van der Waals surface area contributed by atoms with E-state index in [1.807, 2.05) is 0 Å². The van der Waals surface area contributed by atoms with Crippen LogP contribution in [0.2, 0.25) is 0 Å². The number of hydrogen-bond donors (Lipinski definition) is 1. The molecule has 0 spiro atoms. The monoisotopic (exact) mass is 159 g/mol. The Morgan fingerprint density at radius 3 is 1.90 bits per heavy atom. The molecule has 4 heteroatoms. The standard InChI is InChI=1S/C6H9NO2S/c1-3-5(8)7-6(9)4(2)10-3/h3-4H,1-2H3,(H,7,8,9)/t3-,4-/m0/s1. The molecule has 0 radical (unpaired) electrons. The van der Waals surface area contributed by atoms with Gasteiger partial charge in [-0.2, -0.15) is 0 Å². The number of imide groups is 1. The molecule has 0 aromatic carbocycles. The molecule has 1 aliphatic heterocycles. The molecule has 1 fully saturated rings. The molecule has 0 saturated carbocycles. The van der Waals surface area contributed by atoms with E-state index in [0.29, 0.717) is 0 Å². The first-order chi connectivity index (χ1) is 4.61. The number of carbonyl (C=O) groups is 2. The highest BCUT2D eigenvalue weighted by Crippen LogP contribution is 2.21. The highest BCUT2D eigenvalue weighted by molar-refractivity contribution is 8.02. The van der Waals surface area contributed by atoms with Crippen molar-refractivity contribution in [3.05, 3.63) is 0 Å². The van der Waals surface area contributed by atoms with Gasteiger partial charge in [-0.1, -0.05) is 0 Å². The maximum absolute atomic E-state index is 10.8. The zero-order chi connectivity index (χ0) is 7.72. The van der Waals surface area contributed by atoms with E-state index in [1.54, 1.807) is 13.8 Å². The average Bonchev–Trinajstić information content (AvgIpc) is 1.84. The van der Waals surface area contributed by atoms with Crippen molar-refractivity contribution in [3.8, 4) is 0 Å². The summed E-state index contributed by atoms with van der Waals surface area (Å²) >= 11 is 1.40. The van der Waals surface area contributed by atoms with Crippen molar-refractivity contribution in [2.24, 2.45) is 0 Å². The first kappa shape index (κ1) is 7.60. The Morgan fingerprint density at radius 2 is 1.60 bits per heavy atom. The zero-order valence-electron chi connectivity index (χ0n) is 5.88. The fourth-order valence-corrected chi connectivity index (χ4v) is 1.73. The minimum absolute atomic E-state index is 0.0901. The molecule has 0 bridgehead atoms. The van der Waals surface area contributed by atoms with E-state index >= 15 is 0 Å². The van der Waals surface area contributed by atoms with Crippen LogP contribution in [0, 0.1) is 0 Å². The summed E-state index contributed by atoms with van der Waals surface area (Å²) in [6, 6.07) is 0. The predicted molar refractivity (Wildman–Crippen MR) is 39.7 cm³/mol. The molecule has 10 heavy (non-hydrogen) atoms. The van der Waals surface area contributed by atoms with Crippen molar-refractivity contribution >= 4 is 23.6 Å². The first-order valence-corrected chi connectivity index (χ1v) is 4.05. The van der Waals surface area contributed by atoms with Gasteiger partial charge in [0.25, 0.3) is 0 Å². The second kappa shape index (κ2) is 2.62. The van der Waals surface area contributed by atoms with Gasteiger partial charge >= 0.3 is 0 Å². The van der Waals surface area contributed by atoms with Crippen LogP contribution in [-0.2, 0) is 9.59 Å².